The molecule has 0 fully saturated rings. The fraction of sp³-hybridized carbons (Fsp3) is 0.455. The number of hydrogen-bond acceptors (Lipinski definition) is 4. The van der Waals surface area contributed by atoms with Crippen molar-refractivity contribution in [2.75, 3.05) is 0 Å². The highest BCUT2D eigenvalue weighted by molar-refractivity contribution is 6.53. The van der Waals surface area contributed by atoms with Crippen molar-refractivity contribution in [1.82, 2.24) is 4.98 Å². The Labute approximate surface area is 168 Å². The predicted molar refractivity (Wildman–Crippen MR) is 114 cm³/mol. The molecule has 0 amide bonds. The fourth-order valence-electron chi connectivity index (χ4n) is 2.67. The Morgan fingerprint density at radius 1 is 1.21 bits per heavy atom. The minimum atomic E-state index is -1.14. The van der Waals surface area contributed by atoms with E-state index in [1.807, 2.05) is 31.2 Å². The summed E-state index contributed by atoms with van der Waals surface area (Å²) < 4.78 is 6.07. The summed E-state index contributed by atoms with van der Waals surface area (Å²) in [5, 5.41) is 20.4. The molecule has 2 aromatic rings. The van der Waals surface area contributed by atoms with E-state index >= 15 is 0 Å². The van der Waals surface area contributed by atoms with Gasteiger partial charge in [-0.15, -0.1) is 0 Å². The molecule has 0 aliphatic carbocycles. The molecule has 0 aliphatic rings. The van der Waals surface area contributed by atoms with Crippen molar-refractivity contribution in [1.29, 1.82) is 0 Å². The molecular weight excluding hydrogens is 370 g/mol. The van der Waals surface area contributed by atoms with Crippen LogP contribution >= 0.6 is 0 Å². The quantitative estimate of drug-likeness (QED) is 0.651. The van der Waals surface area contributed by atoms with Gasteiger partial charge in [0.1, 0.15) is 0 Å². The summed E-state index contributed by atoms with van der Waals surface area (Å²) in [6.45, 7) is 11.9. The molecule has 0 spiro atoms. The van der Waals surface area contributed by atoms with Crippen LogP contribution < -0.4 is 0 Å². The highest BCUT2D eigenvalue weighted by atomic mass is 28.3. The molecule has 0 saturated carbocycles. The maximum absolute atomic E-state index is 11.8. The number of carboxylic acid groups (broad SMARTS) is 1. The summed E-state index contributed by atoms with van der Waals surface area (Å²) in [4.78, 5) is 16.2. The van der Waals surface area contributed by atoms with E-state index in [2.05, 4.69) is 32.3 Å². The highest BCUT2D eigenvalue weighted by Crippen LogP contribution is 2.29. The molecule has 3 atom stereocenters. The summed E-state index contributed by atoms with van der Waals surface area (Å²) in [6, 6.07) is 9.49. The lowest BCUT2D eigenvalue weighted by molar-refractivity contribution is -0.142. The Morgan fingerprint density at radius 2 is 1.86 bits per heavy atom. The van der Waals surface area contributed by atoms with Crippen LogP contribution in [0, 0.1) is 5.92 Å². The average Bonchev–Trinajstić information content (AvgIpc) is 2.59. The van der Waals surface area contributed by atoms with Gasteiger partial charge in [0.05, 0.1) is 29.3 Å². The topological polar surface area (TPSA) is 79.7 Å². The Balaban J connectivity index is 2.23. The zero-order valence-corrected chi connectivity index (χ0v) is 18.4. The SMILES string of the molecule is C[C@H](O[Si](C)C(C)(C)C)[C@@H](/C=C/c1ccc2ccc([C@@H](C)O)nc2c1)C(=O)O. The Morgan fingerprint density at radius 3 is 2.43 bits per heavy atom. The van der Waals surface area contributed by atoms with Crippen LogP contribution in [0.2, 0.25) is 11.6 Å². The molecule has 0 saturated heterocycles. The van der Waals surface area contributed by atoms with Crippen LogP contribution in [-0.2, 0) is 9.22 Å². The number of aromatic nitrogens is 1. The molecule has 0 bridgehead atoms. The van der Waals surface area contributed by atoms with Crippen molar-refractivity contribution in [3.8, 4) is 0 Å². The number of hydrogen-bond donors (Lipinski definition) is 2. The molecule has 1 heterocycles. The van der Waals surface area contributed by atoms with Crippen LogP contribution in [0.5, 0.6) is 0 Å². The molecule has 2 N–H and O–H groups in total. The number of aliphatic carboxylic acids is 1. The van der Waals surface area contributed by atoms with Crippen molar-refractivity contribution in [2.45, 2.75) is 58.4 Å². The molecule has 1 aromatic carbocycles. The summed E-state index contributed by atoms with van der Waals surface area (Å²) in [7, 11) is -1.14. The van der Waals surface area contributed by atoms with Crippen molar-refractivity contribution >= 4 is 32.0 Å². The number of fused-ring (bicyclic) bond motifs is 1. The van der Waals surface area contributed by atoms with Crippen molar-refractivity contribution in [3.05, 3.63) is 47.7 Å². The molecule has 2 rings (SSSR count). The van der Waals surface area contributed by atoms with Gasteiger partial charge in [-0.2, -0.15) is 0 Å². The van der Waals surface area contributed by atoms with Crippen molar-refractivity contribution in [2.24, 2.45) is 5.92 Å². The molecule has 28 heavy (non-hydrogen) atoms. The zero-order valence-electron chi connectivity index (χ0n) is 17.4. The van der Waals surface area contributed by atoms with E-state index in [9.17, 15) is 15.0 Å². The first kappa shape index (κ1) is 22.3. The van der Waals surface area contributed by atoms with Crippen LogP contribution in [0.4, 0.5) is 0 Å². The lowest BCUT2D eigenvalue weighted by Crippen LogP contribution is -2.35. The smallest absolute Gasteiger partial charge is 0.312 e. The number of nitrogens with zero attached hydrogens (tertiary/aromatic N) is 1. The first-order valence-corrected chi connectivity index (χ1v) is 11.4. The normalized spacial score (nSPS) is 15.9. The van der Waals surface area contributed by atoms with Gasteiger partial charge < -0.3 is 14.6 Å². The van der Waals surface area contributed by atoms with E-state index in [0.29, 0.717) is 5.69 Å². The van der Waals surface area contributed by atoms with Gasteiger partial charge in [0.2, 0.25) is 9.04 Å². The average molecular weight is 401 g/mol. The maximum atomic E-state index is 11.8. The Kier molecular flexibility index (Phi) is 7.15. The largest absolute Gasteiger partial charge is 0.481 e. The summed E-state index contributed by atoms with van der Waals surface area (Å²) >= 11 is 0. The van der Waals surface area contributed by atoms with Gasteiger partial charge in [-0.1, -0.05) is 51.1 Å². The number of carboxylic acids is 1. The second-order valence-corrected chi connectivity index (χ2v) is 11.1. The number of rotatable bonds is 7. The van der Waals surface area contributed by atoms with E-state index in [1.165, 1.54) is 0 Å². The lowest BCUT2D eigenvalue weighted by atomic mass is 10.0. The van der Waals surface area contributed by atoms with Crippen LogP contribution in [0.3, 0.4) is 0 Å². The second-order valence-electron chi connectivity index (χ2n) is 8.22. The van der Waals surface area contributed by atoms with Gasteiger partial charge in [-0.05, 0) is 43.1 Å². The van der Waals surface area contributed by atoms with Crippen LogP contribution in [-0.4, -0.2) is 36.3 Å². The van der Waals surface area contributed by atoms with Crippen LogP contribution in [0.25, 0.3) is 17.0 Å². The number of aliphatic hydroxyl groups excluding tert-OH is 1. The van der Waals surface area contributed by atoms with Crippen molar-refractivity contribution in [3.63, 3.8) is 0 Å². The van der Waals surface area contributed by atoms with Gasteiger partial charge in [0.15, 0.2) is 0 Å². The van der Waals surface area contributed by atoms with Crippen LogP contribution in [0.1, 0.15) is 52.0 Å². The molecule has 6 heteroatoms. The van der Waals surface area contributed by atoms with Gasteiger partial charge in [0.25, 0.3) is 0 Å². The highest BCUT2D eigenvalue weighted by Gasteiger charge is 2.30. The number of pyridine rings is 1. The third kappa shape index (κ3) is 5.74. The van der Waals surface area contributed by atoms with E-state index in [-0.39, 0.29) is 5.04 Å². The number of aliphatic hydroxyl groups is 1. The molecule has 151 valence electrons. The molecular formula is C22H30NO4Si. The van der Waals surface area contributed by atoms with Gasteiger partial charge >= 0.3 is 5.97 Å². The molecule has 0 aliphatic heterocycles. The first-order valence-electron chi connectivity index (χ1n) is 9.49. The third-order valence-corrected chi connectivity index (χ3v) is 7.71. The standard InChI is InChI=1S/C22H30NO4Si/c1-14(24)19-12-10-17-9-7-16(13-20(17)23-19)8-11-18(21(25)26)15(2)27-28(6)22(3,4)5/h7-15,18,24H,1-6H3,(H,25,26)/b11-8+/t14-,15+,18-/m1/s1. The zero-order chi connectivity index (χ0) is 21.1. The minimum absolute atomic E-state index is 0.0389. The van der Waals surface area contributed by atoms with Crippen molar-refractivity contribution < 1.29 is 19.4 Å². The fourth-order valence-corrected chi connectivity index (χ4v) is 3.73. The summed E-state index contributed by atoms with van der Waals surface area (Å²) in [6.07, 6.45) is 2.44. The second kappa shape index (κ2) is 8.98. The van der Waals surface area contributed by atoms with Gasteiger partial charge in [-0.25, -0.2) is 0 Å². The van der Waals surface area contributed by atoms with Crippen LogP contribution in [0.15, 0.2) is 36.4 Å². The molecule has 1 aromatic heterocycles. The lowest BCUT2D eigenvalue weighted by Gasteiger charge is -2.29. The van der Waals surface area contributed by atoms with E-state index < -0.39 is 33.1 Å². The Bertz CT molecular complexity index is 857. The monoisotopic (exact) mass is 400 g/mol. The van der Waals surface area contributed by atoms with E-state index in [4.69, 9.17) is 4.43 Å². The number of carbonyl (C=O) groups is 1. The minimum Gasteiger partial charge on any atom is -0.481 e. The molecule has 5 nitrogen and oxygen atoms in total. The molecule has 0 unspecified atom stereocenters. The summed E-state index contributed by atoms with van der Waals surface area (Å²) in [5.74, 6) is -1.63. The third-order valence-electron chi connectivity index (χ3n) is 4.87. The Hall–Kier alpha value is -2.02. The predicted octanol–water partition coefficient (Wildman–Crippen LogP) is 4.83. The maximum Gasteiger partial charge on any atom is 0.312 e. The molecule has 1 radical (unpaired) electrons. The van der Waals surface area contributed by atoms with E-state index in [0.717, 1.165) is 16.5 Å². The van der Waals surface area contributed by atoms with Gasteiger partial charge in [-0.3, -0.25) is 9.78 Å². The first-order chi connectivity index (χ1) is 13.0. The summed E-state index contributed by atoms with van der Waals surface area (Å²) in [5.41, 5.74) is 2.24. The van der Waals surface area contributed by atoms with E-state index in [1.54, 1.807) is 25.1 Å². The van der Waals surface area contributed by atoms with Gasteiger partial charge in [0, 0.05) is 5.39 Å². The number of benzene rings is 1.